The molecule has 0 aliphatic heterocycles. The van der Waals surface area contributed by atoms with Gasteiger partial charge in [0.25, 0.3) is 11.9 Å². The number of nitrogens with zero attached hydrogens (tertiary/aromatic N) is 2. The maximum Gasteiger partial charge on any atom is 0.300 e. The predicted molar refractivity (Wildman–Crippen MR) is 80.8 cm³/mol. The minimum atomic E-state index is -0.674. The van der Waals surface area contributed by atoms with Crippen LogP contribution in [0.5, 0.6) is 0 Å². The standard InChI is InChI=1S/C13H8Cl2N4O3/c14-8-2-10-11(3-9(8)15)22-13(18-10)17-7-1-6(4-16-5-7)12(20)19-21/h1-5,21H,(H,17,18)(H,19,20). The van der Waals surface area contributed by atoms with Gasteiger partial charge in [-0.25, -0.2) is 5.48 Å². The zero-order valence-corrected chi connectivity index (χ0v) is 12.3. The van der Waals surface area contributed by atoms with E-state index in [4.69, 9.17) is 32.8 Å². The van der Waals surface area contributed by atoms with Crippen LogP contribution in [0.2, 0.25) is 10.0 Å². The second kappa shape index (κ2) is 5.80. The number of benzene rings is 1. The molecule has 0 aliphatic rings. The van der Waals surface area contributed by atoms with Crippen LogP contribution in [-0.2, 0) is 0 Å². The molecule has 0 radical (unpaired) electrons. The molecule has 2 aromatic heterocycles. The van der Waals surface area contributed by atoms with Crippen molar-refractivity contribution in [1.29, 1.82) is 0 Å². The number of hydrogen-bond donors (Lipinski definition) is 3. The molecule has 0 fully saturated rings. The summed E-state index contributed by atoms with van der Waals surface area (Å²) in [6.45, 7) is 0. The van der Waals surface area contributed by atoms with Gasteiger partial charge in [0.15, 0.2) is 5.58 Å². The Morgan fingerprint density at radius 1 is 1.18 bits per heavy atom. The summed E-state index contributed by atoms with van der Waals surface area (Å²) in [5.74, 6) is -0.674. The van der Waals surface area contributed by atoms with E-state index in [1.54, 1.807) is 12.1 Å². The Morgan fingerprint density at radius 3 is 2.73 bits per heavy atom. The fourth-order valence-electron chi connectivity index (χ4n) is 1.80. The van der Waals surface area contributed by atoms with Gasteiger partial charge in [-0.15, -0.1) is 0 Å². The molecule has 0 unspecified atom stereocenters. The molecule has 9 heteroatoms. The van der Waals surface area contributed by atoms with E-state index in [9.17, 15) is 4.79 Å². The lowest BCUT2D eigenvalue weighted by molar-refractivity contribution is 0.0706. The number of pyridine rings is 1. The zero-order chi connectivity index (χ0) is 15.7. The average molecular weight is 339 g/mol. The van der Waals surface area contributed by atoms with E-state index in [0.717, 1.165) is 0 Å². The molecule has 0 saturated carbocycles. The molecular weight excluding hydrogens is 331 g/mol. The van der Waals surface area contributed by atoms with Crippen LogP contribution in [0.25, 0.3) is 11.1 Å². The maximum atomic E-state index is 11.3. The van der Waals surface area contributed by atoms with Gasteiger partial charge in [0, 0.05) is 12.3 Å². The van der Waals surface area contributed by atoms with Gasteiger partial charge in [-0.3, -0.25) is 15.0 Å². The first-order valence-electron chi connectivity index (χ1n) is 5.99. The third kappa shape index (κ3) is 2.82. The highest BCUT2D eigenvalue weighted by Crippen LogP contribution is 2.30. The molecule has 0 atom stereocenters. The summed E-state index contributed by atoms with van der Waals surface area (Å²) in [5.41, 5.74) is 3.17. The van der Waals surface area contributed by atoms with Crippen LogP contribution < -0.4 is 10.8 Å². The third-order valence-electron chi connectivity index (χ3n) is 2.78. The van der Waals surface area contributed by atoms with Crippen molar-refractivity contribution in [1.82, 2.24) is 15.4 Å². The summed E-state index contributed by atoms with van der Waals surface area (Å²) in [5, 5.41) is 12.2. The van der Waals surface area contributed by atoms with Crippen molar-refractivity contribution >= 4 is 51.9 Å². The Balaban J connectivity index is 1.91. The Morgan fingerprint density at radius 2 is 1.95 bits per heavy atom. The van der Waals surface area contributed by atoms with Crippen molar-refractivity contribution in [3.8, 4) is 0 Å². The Bertz CT molecular complexity index is 827. The minimum Gasteiger partial charge on any atom is -0.423 e. The molecule has 7 nitrogen and oxygen atoms in total. The molecule has 0 bridgehead atoms. The number of rotatable bonds is 3. The predicted octanol–water partition coefficient (Wildman–Crippen LogP) is 3.39. The first-order valence-corrected chi connectivity index (χ1v) is 6.74. The zero-order valence-electron chi connectivity index (χ0n) is 10.8. The van der Waals surface area contributed by atoms with Crippen molar-refractivity contribution in [3.63, 3.8) is 0 Å². The highest BCUT2D eigenvalue weighted by atomic mass is 35.5. The van der Waals surface area contributed by atoms with Gasteiger partial charge < -0.3 is 9.73 Å². The van der Waals surface area contributed by atoms with Gasteiger partial charge in [0.2, 0.25) is 0 Å². The van der Waals surface area contributed by atoms with E-state index >= 15 is 0 Å². The number of oxazole rings is 1. The number of nitrogens with one attached hydrogen (secondary N) is 2. The molecule has 0 saturated heterocycles. The smallest absolute Gasteiger partial charge is 0.300 e. The van der Waals surface area contributed by atoms with Crippen LogP contribution >= 0.6 is 23.2 Å². The van der Waals surface area contributed by atoms with E-state index in [-0.39, 0.29) is 11.6 Å². The fraction of sp³-hybridized carbons (Fsp3) is 0. The van der Waals surface area contributed by atoms with Gasteiger partial charge in [-0.05, 0) is 12.1 Å². The Labute approximate surface area is 133 Å². The summed E-state index contributed by atoms with van der Waals surface area (Å²) in [4.78, 5) is 19.4. The summed E-state index contributed by atoms with van der Waals surface area (Å²) in [6.07, 6.45) is 2.78. The number of amides is 1. The number of aromatic nitrogens is 2. The van der Waals surface area contributed by atoms with Crippen molar-refractivity contribution in [3.05, 3.63) is 46.2 Å². The average Bonchev–Trinajstić information content (AvgIpc) is 2.88. The van der Waals surface area contributed by atoms with Crippen LogP contribution in [0.1, 0.15) is 10.4 Å². The lowest BCUT2D eigenvalue weighted by Crippen LogP contribution is -2.18. The summed E-state index contributed by atoms with van der Waals surface area (Å²) in [7, 11) is 0. The summed E-state index contributed by atoms with van der Waals surface area (Å²) < 4.78 is 5.49. The van der Waals surface area contributed by atoms with Crippen LogP contribution in [0.15, 0.2) is 35.0 Å². The number of anilines is 2. The number of fused-ring (bicyclic) bond motifs is 1. The normalized spacial score (nSPS) is 10.7. The largest absolute Gasteiger partial charge is 0.423 e. The van der Waals surface area contributed by atoms with Crippen molar-refractivity contribution in [2.75, 3.05) is 5.32 Å². The van der Waals surface area contributed by atoms with Gasteiger partial charge in [-0.2, -0.15) is 4.98 Å². The fourth-order valence-corrected chi connectivity index (χ4v) is 2.11. The van der Waals surface area contributed by atoms with E-state index in [0.29, 0.717) is 26.8 Å². The molecule has 0 aliphatic carbocycles. The van der Waals surface area contributed by atoms with Crippen molar-refractivity contribution in [2.24, 2.45) is 0 Å². The number of carbonyl (C=O) groups excluding carboxylic acids is 1. The second-order valence-corrected chi connectivity index (χ2v) is 5.10. The van der Waals surface area contributed by atoms with Crippen molar-refractivity contribution < 1.29 is 14.4 Å². The molecule has 2 heterocycles. The van der Waals surface area contributed by atoms with Crippen LogP contribution in [0.3, 0.4) is 0 Å². The topological polar surface area (TPSA) is 100 Å². The number of carbonyl (C=O) groups is 1. The number of halogens is 2. The van der Waals surface area contributed by atoms with E-state index < -0.39 is 5.91 Å². The monoisotopic (exact) mass is 338 g/mol. The Hall–Kier alpha value is -2.35. The van der Waals surface area contributed by atoms with E-state index in [1.165, 1.54) is 23.9 Å². The number of hydroxylamine groups is 1. The molecule has 1 aromatic carbocycles. The van der Waals surface area contributed by atoms with Crippen LogP contribution in [-0.4, -0.2) is 21.1 Å². The molecule has 112 valence electrons. The van der Waals surface area contributed by atoms with Crippen LogP contribution in [0, 0.1) is 0 Å². The summed E-state index contributed by atoms with van der Waals surface area (Å²) in [6, 6.07) is 4.82. The van der Waals surface area contributed by atoms with Crippen LogP contribution in [0.4, 0.5) is 11.7 Å². The molecule has 3 aromatic rings. The molecular formula is C13H8Cl2N4O3. The number of hydrogen-bond acceptors (Lipinski definition) is 6. The first-order chi connectivity index (χ1) is 10.6. The highest BCUT2D eigenvalue weighted by Gasteiger charge is 2.11. The van der Waals surface area contributed by atoms with Crippen molar-refractivity contribution in [2.45, 2.75) is 0 Å². The maximum absolute atomic E-state index is 11.3. The molecule has 1 amide bonds. The highest BCUT2D eigenvalue weighted by molar-refractivity contribution is 6.42. The van der Waals surface area contributed by atoms with E-state index in [1.807, 2.05) is 0 Å². The second-order valence-electron chi connectivity index (χ2n) is 4.28. The van der Waals surface area contributed by atoms with Gasteiger partial charge >= 0.3 is 0 Å². The molecule has 3 rings (SSSR count). The lowest BCUT2D eigenvalue weighted by atomic mass is 10.2. The Kier molecular flexibility index (Phi) is 3.84. The minimum absolute atomic E-state index is 0.176. The SMILES string of the molecule is O=C(NO)c1cncc(Nc2nc3cc(Cl)c(Cl)cc3o2)c1. The van der Waals surface area contributed by atoms with Gasteiger partial charge in [0.05, 0.1) is 27.5 Å². The van der Waals surface area contributed by atoms with Gasteiger partial charge in [0.1, 0.15) is 5.52 Å². The molecule has 22 heavy (non-hydrogen) atoms. The third-order valence-corrected chi connectivity index (χ3v) is 3.51. The van der Waals surface area contributed by atoms with Gasteiger partial charge in [-0.1, -0.05) is 23.2 Å². The quantitative estimate of drug-likeness (QED) is 0.500. The molecule has 0 spiro atoms. The molecule has 3 N–H and O–H groups in total. The first kappa shape index (κ1) is 14.6. The van der Waals surface area contributed by atoms with E-state index in [2.05, 4.69) is 15.3 Å². The lowest BCUT2D eigenvalue weighted by Gasteiger charge is -2.03. The summed E-state index contributed by atoms with van der Waals surface area (Å²) >= 11 is 11.8.